The molecule has 0 radical (unpaired) electrons. The SMILES string of the molecule is CCN(C(C)CC(=O)O)S(=O)(=O)c1ccc(Cl)cc1. The quantitative estimate of drug-likeness (QED) is 0.874. The van der Waals surface area contributed by atoms with E-state index in [1.165, 1.54) is 28.6 Å². The standard InChI is InChI=1S/C12H16ClNO4S/c1-3-14(9(2)8-12(15)16)19(17,18)11-6-4-10(13)5-7-11/h4-7,9H,3,8H2,1-2H3,(H,15,16). The van der Waals surface area contributed by atoms with Crippen molar-refractivity contribution in [3.05, 3.63) is 29.3 Å². The van der Waals surface area contributed by atoms with Gasteiger partial charge in [-0.05, 0) is 31.2 Å². The van der Waals surface area contributed by atoms with Crippen molar-refractivity contribution >= 4 is 27.6 Å². The predicted octanol–water partition coefficient (Wildman–Crippen LogP) is 2.21. The molecule has 0 fully saturated rings. The van der Waals surface area contributed by atoms with Gasteiger partial charge in [0, 0.05) is 17.6 Å². The molecule has 1 rings (SSSR count). The van der Waals surface area contributed by atoms with Gasteiger partial charge in [0.15, 0.2) is 0 Å². The highest BCUT2D eigenvalue weighted by Crippen LogP contribution is 2.21. The number of sulfonamides is 1. The van der Waals surface area contributed by atoms with Gasteiger partial charge in [0.2, 0.25) is 10.0 Å². The maximum absolute atomic E-state index is 12.4. The van der Waals surface area contributed by atoms with Gasteiger partial charge in [-0.3, -0.25) is 4.79 Å². The average molecular weight is 306 g/mol. The number of halogens is 1. The summed E-state index contributed by atoms with van der Waals surface area (Å²) >= 11 is 5.72. The summed E-state index contributed by atoms with van der Waals surface area (Å²) in [7, 11) is -3.70. The van der Waals surface area contributed by atoms with Crippen molar-refractivity contribution < 1.29 is 18.3 Å². The zero-order chi connectivity index (χ0) is 14.6. The van der Waals surface area contributed by atoms with Gasteiger partial charge in [0.25, 0.3) is 0 Å². The first-order valence-corrected chi connectivity index (χ1v) is 7.60. The fraction of sp³-hybridized carbons (Fsp3) is 0.417. The fourth-order valence-electron chi connectivity index (χ4n) is 1.82. The van der Waals surface area contributed by atoms with Gasteiger partial charge in [-0.15, -0.1) is 0 Å². The zero-order valence-corrected chi connectivity index (χ0v) is 12.3. The topological polar surface area (TPSA) is 74.7 Å². The second kappa shape index (κ2) is 6.36. The molecule has 19 heavy (non-hydrogen) atoms. The second-order valence-electron chi connectivity index (χ2n) is 4.11. The van der Waals surface area contributed by atoms with Crippen LogP contribution in [-0.4, -0.2) is 36.4 Å². The summed E-state index contributed by atoms with van der Waals surface area (Å²) in [5, 5.41) is 9.21. The first-order valence-electron chi connectivity index (χ1n) is 5.78. The van der Waals surface area contributed by atoms with Gasteiger partial charge in [0.05, 0.1) is 11.3 Å². The van der Waals surface area contributed by atoms with E-state index in [4.69, 9.17) is 16.7 Å². The van der Waals surface area contributed by atoms with Crippen LogP contribution in [0.1, 0.15) is 20.3 Å². The van der Waals surface area contributed by atoms with Crippen LogP contribution >= 0.6 is 11.6 Å². The molecule has 1 unspecified atom stereocenters. The van der Waals surface area contributed by atoms with Crippen molar-refractivity contribution in [3.8, 4) is 0 Å². The molecular weight excluding hydrogens is 290 g/mol. The van der Waals surface area contributed by atoms with E-state index in [1.807, 2.05) is 0 Å². The number of aliphatic carboxylic acids is 1. The van der Waals surface area contributed by atoms with E-state index in [0.717, 1.165) is 0 Å². The smallest absolute Gasteiger partial charge is 0.304 e. The molecule has 0 aliphatic rings. The normalized spacial score (nSPS) is 13.5. The Morgan fingerprint density at radius 1 is 1.37 bits per heavy atom. The minimum atomic E-state index is -3.70. The van der Waals surface area contributed by atoms with E-state index in [1.54, 1.807) is 13.8 Å². The number of nitrogens with zero attached hydrogens (tertiary/aromatic N) is 1. The molecule has 0 aromatic heterocycles. The van der Waals surface area contributed by atoms with Crippen LogP contribution in [0, 0.1) is 0 Å². The van der Waals surface area contributed by atoms with Crippen molar-refractivity contribution in [1.82, 2.24) is 4.31 Å². The summed E-state index contributed by atoms with van der Waals surface area (Å²) in [6, 6.07) is 5.19. The van der Waals surface area contributed by atoms with Gasteiger partial charge in [-0.2, -0.15) is 4.31 Å². The fourth-order valence-corrected chi connectivity index (χ4v) is 3.58. The zero-order valence-electron chi connectivity index (χ0n) is 10.7. The highest BCUT2D eigenvalue weighted by atomic mass is 35.5. The molecule has 1 atom stereocenters. The third-order valence-corrected chi connectivity index (χ3v) is 5.05. The number of rotatable bonds is 6. The summed E-state index contributed by atoms with van der Waals surface area (Å²) in [5.41, 5.74) is 0. The maximum Gasteiger partial charge on any atom is 0.304 e. The summed E-state index contributed by atoms with van der Waals surface area (Å²) in [6.45, 7) is 3.45. The number of carbonyl (C=O) groups is 1. The van der Waals surface area contributed by atoms with Crippen LogP contribution in [0.2, 0.25) is 5.02 Å². The molecule has 1 N–H and O–H groups in total. The van der Waals surface area contributed by atoms with Crippen molar-refractivity contribution in [1.29, 1.82) is 0 Å². The first kappa shape index (κ1) is 15.9. The van der Waals surface area contributed by atoms with E-state index in [2.05, 4.69) is 0 Å². The van der Waals surface area contributed by atoms with Crippen molar-refractivity contribution in [2.24, 2.45) is 0 Å². The van der Waals surface area contributed by atoms with E-state index < -0.39 is 22.0 Å². The van der Waals surface area contributed by atoms with Crippen LogP contribution < -0.4 is 0 Å². The lowest BCUT2D eigenvalue weighted by molar-refractivity contribution is -0.137. The van der Waals surface area contributed by atoms with E-state index in [0.29, 0.717) is 5.02 Å². The van der Waals surface area contributed by atoms with E-state index >= 15 is 0 Å². The van der Waals surface area contributed by atoms with Crippen molar-refractivity contribution in [3.63, 3.8) is 0 Å². The van der Waals surface area contributed by atoms with Crippen LogP contribution in [0.25, 0.3) is 0 Å². The number of hydrogen-bond donors (Lipinski definition) is 1. The van der Waals surface area contributed by atoms with Crippen LogP contribution in [0.4, 0.5) is 0 Å². The largest absolute Gasteiger partial charge is 0.481 e. The summed E-state index contributed by atoms with van der Waals surface area (Å²) < 4.78 is 25.9. The second-order valence-corrected chi connectivity index (χ2v) is 6.44. The maximum atomic E-state index is 12.4. The van der Waals surface area contributed by atoms with Crippen molar-refractivity contribution in [2.45, 2.75) is 31.2 Å². The molecule has 106 valence electrons. The van der Waals surface area contributed by atoms with E-state index in [9.17, 15) is 13.2 Å². The lowest BCUT2D eigenvalue weighted by Crippen LogP contribution is -2.39. The van der Waals surface area contributed by atoms with Gasteiger partial charge >= 0.3 is 5.97 Å². The Morgan fingerprint density at radius 2 is 1.89 bits per heavy atom. The lowest BCUT2D eigenvalue weighted by Gasteiger charge is -2.26. The molecule has 7 heteroatoms. The molecule has 0 saturated heterocycles. The van der Waals surface area contributed by atoms with Crippen LogP contribution in [0.5, 0.6) is 0 Å². The Labute approximate surface area is 117 Å². The lowest BCUT2D eigenvalue weighted by atomic mass is 10.2. The number of benzene rings is 1. The Bertz CT molecular complexity index is 541. The Hall–Kier alpha value is -1.11. The molecule has 0 saturated carbocycles. The highest BCUT2D eigenvalue weighted by molar-refractivity contribution is 7.89. The molecule has 0 bridgehead atoms. The molecule has 5 nitrogen and oxygen atoms in total. The molecule has 0 aliphatic heterocycles. The third-order valence-electron chi connectivity index (χ3n) is 2.69. The molecule has 1 aromatic rings. The van der Waals surface area contributed by atoms with Gasteiger partial charge in [-0.25, -0.2) is 8.42 Å². The molecule has 0 aliphatic carbocycles. The number of hydrogen-bond acceptors (Lipinski definition) is 3. The average Bonchev–Trinajstić information content (AvgIpc) is 2.28. The molecule has 0 spiro atoms. The minimum absolute atomic E-state index is 0.107. The van der Waals surface area contributed by atoms with Crippen molar-refractivity contribution in [2.75, 3.05) is 6.54 Å². The highest BCUT2D eigenvalue weighted by Gasteiger charge is 2.28. The van der Waals surface area contributed by atoms with Crippen LogP contribution in [-0.2, 0) is 14.8 Å². The third kappa shape index (κ3) is 3.92. The summed E-state index contributed by atoms with van der Waals surface area (Å²) in [6.07, 6.45) is -0.235. The predicted molar refractivity (Wildman–Crippen MR) is 72.7 cm³/mol. The Morgan fingerprint density at radius 3 is 2.32 bits per heavy atom. The molecule has 0 amide bonds. The monoisotopic (exact) mass is 305 g/mol. The number of carboxylic acids is 1. The van der Waals surface area contributed by atoms with Gasteiger partial charge < -0.3 is 5.11 Å². The minimum Gasteiger partial charge on any atom is -0.481 e. The first-order chi connectivity index (χ1) is 8.78. The van der Waals surface area contributed by atoms with Gasteiger partial charge in [0.1, 0.15) is 0 Å². The number of carboxylic acid groups (broad SMARTS) is 1. The molecule has 1 aromatic carbocycles. The van der Waals surface area contributed by atoms with Crippen LogP contribution in [0.3, 0.4) is 0 Å². The van der Waals surface area contributed by atoms with E-state index in [-0.39, 0.29) is 17.9 Å². The summed E-state index contributed by atoms with van der Waals surface area (Å²) in [5.74, 6) is -1.03. The molecule has 0 heterocycles. The Kier molecular flexibility index (Phi) is 5.34. The van der Waals surface area contributed by atoms with Crippen LogP contribution in [0.15, 0.2) is 29.2 Å². The van der Waals surface area contributed by atoms with Gasteiger partial charge in [-0.1, -0.05) is 18.5 Å². The summed E-state index contributed by atoms with van der Waals surface area (Å²) in [4.78, 5) is 10.8. The molecular formula is C12H16ClNO4S. The Balaban J connectivity index is 3.08.